The topological polar surface area (TPSA) is 56.8 Å². The van der Waals surface area contributed by atoms with Crippen molar-refractivity contribution in [1.29, 1.82) is 0 Å². The second kappa shape index (κ2) is 10.3. The fourth-order valence-electron chi connectivity index (χ4n) is 1.66. The van der Waals surface area contributed by atoms with E-state index < -0.39 is 0 Å². The highest BCUT2D eigenvalue weighted by molar-refractivity contribution is 5.95. The summed E-state index contributed by atoms with van der Waals surface area (Å²) in [5.41, 5.74) is 0.557. The summed E-state index contributed by atoms with van der Waals surface area (Å²) in [6, 6.07) is 5.25. The minimum atomic E-state index is -0.121. The lowest BCUT2D eigenvalue weighted by Gasteiger charge is -2.13. The Morgan fingerprint density at radius 2 is 1.90 bits per heavy atom. The van der Waals surface area contributed by atoms with Crippen LogP contribution in [-0.2, 0) is 4.74 Å². The van der Waals surface area contributed by atoms with Crippen LogP contribution < -0.4 is 14.8 Å². The van der Waals surface area contributed by atoms with Crippen LogP contribution in [0.3, 0.4) is 0 Å². The predicted molar refractivity (Wildman–Crippen MR) is 84.8 cm³/mol. The van der Waals surface area contributed by atoms with Crippen LogP contribution in [0.2, 0.25) is 0 Å². The van der Waals surface area contributed by atoms with E-state index >= 15 is 0 Å². The van der Waals surface area contributed by atoms with Crippen molar-refractivity contribution in [3.8, 4) is 11.5 Å². The molecular weight excluding hydrogens is 294 g/mol. The number of rotatable bonds is 8. The van der Waals surface area contributed by atoms with E-state index in [-0.39, 0.29) is 24.4 Å². The van der Waals surface area contributed by atoms with Gasteiger partial charge in [-0.1, -0.05) is 0 Å². The van der Waals surface area contributed by atoms with Gasteiger partial charge in [-0.2, -0.15) is 0 Å². The van der Waals surface area contributed by atoms with E-state index in [0.29, 0.717) is 30.3 Å². The van der Waals surface area contributed by atoms with Crippen LogP contribution in [0.1, 0.15) is 30.6 Å². The first-order valence-electron chi connectivity index (χ1n) is 6.69. The van der Waals surface area contributed by atoms with E-state index in [1.807, 2.05) is 13.8 Å². The van der Waals surface area contributed by atoms with Gasteiger partial charge in [0, 0.05) is 31.7 Å². The molecule has 0 bridgehead atoms. The number of hydrogen-bond acceptors (Lipinski definition) is 4. The zero-order chi connectivity index (χ0) is 15.0. The summed E-state index contributed by atoms with van der Waals surface area (Å²) < 4.78 is 15.8. The maximum atomic E-state index is 12.0. The van der Waals surface area contributed by atoms with E-state index in [9.17, 15) is 4.79 Å². The van der Waals surface area contributed by atoms with Gasteiger partial charge >= 0.3 is 0 Å². The molecule has 1 amide bonds. The Morgan fingerprint density at radius 1 is 1.19 bits per heavy atom. The number of nitrogens with one attached hydrogen (secondary N) is 1. The van der Waals surface area contributed by atoms with Gasteiger partial charge in [-0.15, -0.1) is 12.4 Å². The SMILES string of the molecule is COCCCOc1cc(C(=O)NC(C)C)ccc1OC.Cl. The summed E-state index contributed by atoms with van der Waals surface area (Å²) >= 11 is 0. The van der Waals surface area contributed by atoms with E-state index in [2.05, 4.69) is 5.32 Å². The van der Waals surface area contributed by atoms with Gasteiger partial charge in [0.2, 0.25) is 0 Å². The number of halogens is 1. The summed E-state index contributed by atoms with van der Waals surface area (Å²) in [6.45, 7) is 4.99. The van der Waals surface area contributed by atoms with Crippen molar-refractivity contribution in [3.05, 3.63) is 23.8 Å². The molecule has 0 aliphatic carbocycles. The first-order valence-corrected chi connectivity index (χ1v) is 6.69. The van der Waals surface area contributed by atoms with Gasteiger partial charge in [0.05, 0.1) is 13.7 Å². The molecule has 1 rings (SSSR count). The molecule has 0 saturated heterocycles. The molecule has 0 aliphatic rings. The number of benzene rings is 1. The fourth-order valence-corrected chi connectivity index (χ4v) is 1.66. The van der Waals surface area contributed by atoms with Crippen molar-refractivity contribution in [1.82, 2.24) is 5.32 Å². The summed E-state index contributed by atoms with van der Waals surface area (Å²) in [4.78, 5) is 12.0. The maximum Gasteiger partial charge on any atom is 0.251 e. The van der Waals surface area contributed by atoms with Crippen molar-refractivity contribution in [2.75, 3.05) is 27.4 Å². The zero-order valence-corrected chi connectivity index (χ0v) is 13.8. The number of amides is 1. The normalized spacial score (nSPS) is 9.95. The maximum absolute atomic E-state index is 12.0. The van der Waals surface area contributed by atoms with Crippen molar-refractivity contribution < 1.29 is 19.0 Å². The predicted octanol–water partition coefficient (Wildman–Crippen LogP) is 2.67. The molecule has 1 aromatic carbocycles. The number of methoxy groups -OCH3 is 2. The average Bonchev–Trinajstić information content (AvgIpc) is 2.42. The summed E-state index contributed by atoms with van der Waals surface area (Å²) in [5.74, 6) is 1.06. The molecule has 1 aromatic rings. The van der Waals surface area contributed by atoms with E-state index in [1.165, 1.54) is 0 Å². The molecule has 6 heteroatoms. The molecule has 0 unspecified atom stereocenters. The Hall–Kier alpha value is -1.46. The number of hydrogen-bond donors (Lipinski definition) is 1. The highest BCUT2D eigenvalue weighted by Gasteiger charge is 2.11. The van der Waals surface area contributed by atoms with Gasteiger partial charge in [0.1, 0.15) is 0 Å². The summed E-state index contributed by atoms with van der Waals surface area (Å²) in [5, 5.41) is 2.84. The minimum absolute atomic E-state index is 0. The number of carbonyl (C=O) groups is 1. The van der Waals surface area contributed by atoms with E-state index in [4.69, 9.17) is 14.2 Å². The molecule has 0 fully saturated rings. The Bertz CT molecular complexity index is 438. The van der Waals surface area contributed by atoms with Crippen LogP contribution in [0.15, 0.2) is 18.2 Å². The van der Waals surface area contributed by atoms with Crippen LogP contribution in [0.25, 0.3) is 0 Å². The highest BCUT2D eigenvalue weighted by Crippen LogP contribution is 2.28. The van der Waals surface area contributed by atoms with Crippen molar-refractivity contribution in [2.24, 2.45) is 0 Å². The average molecular weight is 318 g/mol. The quantitative estimate of drug-likeness (QED) is 0.749. The van der Waals surface area contributed by atoms with Crippen LogP contribution in [0, 0.1) is 0 Å². The molecular formula is C15H24ClNO4. The van der Waals surface area contributed by atoms with Crippen LogP contribution in [0.4, 0.5) is 0 Å². The molecule has 0 spiro atoms. The molecule has 0 aromatic heterocycles. The Balaban J connectivity index is 0.00000400. The lowest BCUT2D eigenvalue weighted by molar-refractivity contribution is 0.0942. The van der Waals surface area contributed by atoms with Gasteiger partial charge in [-0.25, -0.2) is 0 Å². The first kappa shape index (κ1) is 19.5. The molecule has 0 atom stereocenters. The lowest BCUT2D eigenvalue weighted by atomic mass is 10.1. The van der Waals surface area contributed by atoms with Crippen molar-refractivity contribution >= 4 is 18.3 Å². The highest BCUT2D eigenvalue weighted by atomic mass is 35.5. The molecule has 0 aliphatic heterocycles. The molecule has 0 heterocycles. The summed E-state index contributed by atoms with van der Waals surface area (Å²) in [7, 11) is 3.22. The van der Waals surface area contributed by atoms with E-state index in [1.54, 1.807) is 32.4 Å². The molecule has 5 nitrogen and oxygen atoms in total. The first-order chi connectivity index (χ1) is 9.58. The Kier molecular flexibility index (Phi) is 9.58. The zero-order valence-electron chi connectivity index (χ0n) is 13.0. The lowest BCUT2D eigenvalue weighted by Crippen LogP contribution is -2.30. The van der Waals surface area contributed by atoms with Gasteiger partial charge < -0.3 is 19.5 Å². The Morgan fingerprint density at radius 3 is 2.48 bits per heavy atom. The van der Waals surface area contributed by atoms with E-state index in [0.717, 1.165) is 6.42 Å². The van der Waals surface area contributed by atoms with Gasteiger partial charge in [0.15, 0.2) is 11.5 Å². The van der Waals surface area contributed by atoms with Crippen molar-refractivity contribution in [3.63, 3.8) is 0 Å². The fraction of sp³-hybridized carbons (Fsp3) is 0.533. The smallest absolute Gasteiger partial charge is 0.251 e. The molecule has 1 N–H and O–H groups in total. The standard InChI is InChI=1S/C15H23NO4.ClH/c1-11(2)16-15(17)12-6-7-13(19-4)14(10-12)20-9-5-8-18-3;/h6-7,10-11H,5,8-9H2,1-4H3,(H,16,17);1H. The molecule has 21 heavy (non-hydrogen) atoms. The second-order valence-corrected chi connectivity index (χ2v) is 4.69. The van der Waals surface area contributed by atoms with Crippen LogP contribution in [0.5, 0.6) is 11.5 Å². The number of ether oxygens (including phenoxy) is 3. The third kappa shape index (κ3) is 6.69. The monoisotopic (exact) mass is 317 g/mol. The third-order valence-electron chi connectivity index (χ3n) is 2.60. The molecule has 0 radical (unpaired) electrons. The number of carbonyl (C=O) groups excluding carboxylic acids is 1. The second-order valence-electron chi connectivity index (χ2n) is 4.69. The van der Waals surface area contributed by atoms with Gasteiger partial charge in [0.25, 0.3) is 5.91 Å². The van der Waals surface area contributed by atoms with Crippen LogP contribution >= 0.6 is 12.4 Å². The van der Waals surface area contributed by atoms with Gasteiger partial charge in [-0.05, 0) is 32.0 Å². The van der Waals surface area contributed by atoms with Crippen molar-refractivity contribution in [2.45, 2.75) is 26.3 Å². The minimum Gasteiger partial charge on any atom is -0.493 e. The van der Waals surface area contributed by atoms with Gasteiger partial charge in [-0.3, -0.25) is 4.79 Å². The summed E-state index contributed by atoms with van der Waals surface area (Å²) in [6.07, 6.45) is 0.780. The molecule has 120 valence electrons. The largest absolute Gasteiger partial charge is 0.493 e. The molecule has 0 saturated carbocycles. The third-order valence-corrected chi connectivity index (χ3v) is 2.60. The van der Waals surface area contributed by atoms with Crippen LogP contribution in [-0.4, -0.2) is 39.4 Å². The Labute approximate surface area is 132 Å².